The summed E-state index contributed by atoms with van der Waals surface area (Å²) in [7, 11) is 1.60. The lowest BCUT2D eigenvalue weighted by Crippen LogP contribution is -2.46. The molecule has 0 rings (SSSR count). The molecule has 0 radical (unpaired) electrons. The van der Waals surface area contributed by atoms with Gasteiger partial charge in [0.1, 0.15) is 13.2 Å². The zero-order valence-electron chi connectivity index (χ0n) is 35.4. The summed E-state index contributed by atoms with van der Waals surface area (Å²) in [6, 6.07) is -0.760. The molecule has 0 aliphatic rings. The Labute approximate surface area is 332 Å². The molecular formula is C45H84N2O6P+. The molecule has 9 heteroatoms. The van der Waals surface area contributed by atoms with Gasteiger partial charge in [0.2, 0.25) is 5.91 Å². The van der Waals surface area contributed by atoms with Gasteiger partial charge in [0.05, 0.1) is 39.9 Å². The number of carbonyl (C=O) groups is 1. The van der Waals surface area contributed by atoms with Crippen LogP contribution in [0.3, 0.4) is 0 Å². The van der Waals surface area contributed by atoms with Crippen molar-refractivity contribution in [2.45, 2.75) is 180 Å². The minimum absolute atomic E-state index is 0.0707. The third kappa shape index (κ3) is 38.5. The highest BCUT2D eigenvalue weighted by Gasteiger charge is 2.28. The number of quaternary nitrogens is 1. The molecule has 0 heterocycles. The number of nitrogens with one attached hydrogen (secondary N) is 1. The molecule has 0 aliphatic heterocycles. The molecule has 8 nitrogen and oxygen atoms in total. The molecule has 0 saturated heterocycles. The normalized spacial score (nSPS) is 15.0. The van der Waals surface area contributed by atoms with Crippen LogP contribution in [0.2, 0.25) is 0 Å². The molecule has 0 aliphatic carbocycles. The van der Waals surface area contributed by atoms with Gasteiger partial charge < -0.3 is 19.8 Å². The molecule has 0 saturated carbocycles. The summed E-state index contributed by atoms with van der Waals surface area (Å²) < 4.78 is 23.4. The topological polar surface area (TPSA) is 105 Å². The summed E-state index contributed by atoms with van der Waals surface area (Å²) in [4.78, 5) is 22.9. The minimum Gasteiger partial charge on any atom is -0.391 e. The van der Waals surface area contributed by atoms with Crippen molar-refractivity contribution in [1.29, 1.82) is 0 Å². The van der Waals surface area contributed by atoms with E-state index in [9.17, 15) is 19.4 Å². The molecule has 0 fully saturated rings. The monoisotopic (exact) mass is 780 g/mol. The predicted molar refractivity (Wildman–Crippen MR) is 230 cm³/mol. The second-order valence-electron chi connectivity index (χ2n) is 15.7. The molecule has 54 heavy (non-hydrogen) atoms. The number of rotatable bonds is 38. The fourth-order valence-electron chi connectivity index (χ4n) is 5.84. The van der Waals surface area contributed by atoms with Crippen molar-refractivity contribution in [3.05, 3.63) is 60.8 Å². The maximum absolute atomic E-state index is 12.8. The number of carbonyl (C=O) groups excluding carboxylic acids is 1. The SMILES string of the molecule is CC/C=C\C/C=C\C/C=C\C/C=C\C/C=C\CCCCCCCCCCCCCC(=O)NC(COP(=O)(O)OCC[N+](C)(C)C)C(O)CCCCCCC. The molecule has 3 unspecified atom stereocenters. The minimum atomic E-state index is -4.30. The van der Waals surface area contributed by atoms with Gasteiger partial charge in [-0.1, -0.05) is 164 Å². The van der Waals surface area contributed by atoms with E-state index in [4.69, 9.17) is 9.05 Å². The van der Waals surface area contributed by atoms with Crippen LogP contribution in [-0.2, 0) is 18.4 Å². The number of hydrogen-bond donors (Lipinski definition) is 3. The van der Waals surface area contributed by atoms with Crippen molar-refractivity contribution in [3.8, 4) is 0 Å². The summed E-state index contributed by atoms with van der Waals surface area (Å²) in [5, 5.41) is 13.7. The Balaban J connectivity index is 4.02. The number of phosphoric acid groups is 1. The van der Waals surface area contributed by atoms with Crippen LogP contribution >= 0.6 is 7.82 Å². The third-order valence-electron chi connectivity index (χ3n) is 9.28. The van der Waals surface area contributed by atoms with Gasteiger partial charge in [-0.15, -0.1) is 0 Å². The van der Waals surface area contributed by atoms with E-state index in [2.05, 4.69) is 79.9 Å². The molecule has 0 aromatic heterocycles. The van der Waals surface area contributed by atoms with Crippen molar-refractivity contribution in [2.75, 3.05) is 40.9 Å². The van der Waals surface area contributed by atoms with E-state index in [0.29, 0.717) is 23.9 Å². The fourth-order valence-corrected chi connectivity index (χ4v) is 6.57. The van der Waals surface area contributed by atoms with Crippen LogP contribution in [0.5, 0.6) is 0 Å². The van der Waals surface area contributed by atoms with Gasteiger partial charge in [-0.3, -0.25) is 13.8 Å². The van der Waals surface area contributed by atoms with Crippen LogP contribution in [0.15, 0.2) is 60.8 Å². The van der Waals surface area contributed by atoms with Gasteiger partial charge in [0, 0.05) is 6.42 Å². The Morgan fingerprint density at radius 3 is 1.63 bits per heavy atom. The van der Waals surface area contributed by atoms with E-state index in [1.807, 2.05) is 21.1 Å². The van der Waals surface area contributed by atoms with Gasteiger partial charge in [0.25, 0.3) is 0 Å². The number of hydrogen-bond acceptors (Lipinski definition) is 5. The summed E-state index contributed by atoms with van der Waals surface area (Å²) in [6.45, 7) is 4.66. The second kappa shape index (κ2) is 36.8. The first kappa shape index (κ1) is 52.2. The quantitative estimate of drug-likeness (QED) is 0.0249. The van der Waals surface area contributed by atoms with E-state index in [1.54, 1.807) is 0 Å². The number of aliphatic hydroxyl groups is 1. The molecule has 0 aromatic rings. The van der Waals surface area contributed by atoms with E-state index >= 15 is 0 Å². The lowest BCUT2D eigenvalue weighted by molar-refractivity contribution is -0.870. The van der Waals surface area contributed by atoms with Crippen molar-refractivity contribution in [3.63, 3.8) is 0 Å². The number of unbranched alkanes of at least 4 members (excludes halogenated alkanes) is 15. The van der Waals surface area contributed by atoms with Crippen molar-refractivity contribution in [2.24, 2.45) is 0 Å². The Hall–Kier alpha value is -1.80. The molecule has 3 atom stereocenters. The standard InChI is InChI=1S/C45H83N2O6P/c1-6-8-10-12-13-14-15-16-17-18-19-20-21-22-23-24-25-26-27-28-29-30-31-32-33-35-37-39-45(49)46-43(44(48)38-36-34-11-9-7-2)42-53-54(50,51)52-41-40-47(3,4)5/h8,10,13-14,16-17,19-20,22-23,43-44,48H,6-7,9,11-12,15,18,21,24-42H2,1-5H3,(H-,46,49,50,51)/p+1/b10-8-,14-13-,17-16-,20-19-,23-22-. The number of amides is 1. The highest BCUT2D eigenvalue weighted by Crippen LogP contribution is 2.43. The largest absolute Gasteiger partial charge is 0.472 e. The zero-order chi connectivity index (χ0) is 40.0. The van der Waals surface area contributed by atoms with Crippen LogP contribution in [0.1, 0.15) is 168 Å². The molecule has 0 bridgehead atoms. The fraction of sp³-hybridized carbons (Fsp3) is 0.756. The first-order chi connectivity index (χ1) is 26.0. The third-order valence-corrected chi connectivity index (χ3v) is 10.3. The zero-order valence-corrected chi connectivity index (χ0v) is 36.3. The van der Waals surface area contributed by atoms with Gasteiger partial charge in [-0.05, 0) is 57.8 Å². The summed E-state index contributed by atoms with van der Waals surface area (Å²) >= 11 is 0. The molecule has 3 N–H and O–H groups in total. The second-order valence-corrected chi connectivity index (χ2v) is 17.1. The van der Waals surface area contributed by atoms with Gasteiger partial charge in [-0.25, -0.2) is 4.57 Å². The van der Waals surface area contributed by atoms with Gasteiger partial charge in [0.15, 0.2) is 0 Å². The summed E-state index contributed by atoms with van der Waals surface area (Å²) in [5.74, 6) is -0.159. The molecule has 1 amide bonds. The van der Waals surface area contributed by atoms with Crippen LogP contribution in [0, 0.1) is 0 Å². The lowest BCUT2D eigenvalue weighted by atomic mass is 10.0. The van der Waals surface area contributed by atoms with E-state index < -0.39 is 20.0 Å². The van der Waals surface area contributed by atoms with Crippen LogP contribution < -0.4 is 5.32 Å². The Bertz CT molecular complexity index is 1060. The van der Waals surface area contributed by atoms with Crippen molar-refractivity contribution < 1.29 is 32.9 Å². The summed E-state index contributed by atoms with van der Waals surface area (Å²) in [6.07, 6.45) is 47.2. The number of allylic oxidation sites excluding steroid dienone is 10. The highest BCUT2D eigenvalue weighted by atomic mass is 31.2. The number of phosphoric ester groups is 1. The van der Waals surface area contributed by atoms with E-state index in [0.717, 1.165) is 83.5 Å². The van der Waals surface area contributed by atoms with Crippen molar-refractivity contribution >= 4 is 13.7 Å². The smallest absolute Gasteiger partial charge is 0.391 e. The van der Waals surface area contributed by atoms with E-state index in [-0.39, 0.29) is 19.1 Å². The lowest BCUT2D eigenvalue weighted by Gasteiger charge is -2.26. The number of nitrogens with zero attached hydrogens (tertiary/aromatic N) is 1. The van der Waals surface area contributed by atoms with Crippen LogP contribution in [-0.4, -0.2) is 73.4 Å². The van der Waals surface area contributed by atoms with Crippen LogP contribution in [0.4, 0.5) is 0 Å². The van der Waals surface area contributed by atoms with Crippen LogP contribution in [0.25, 0.3) is 0 Å². The molecule has 0 spiro atoms. The van der Waals surface area contributed by atoms with Gasteiger partial charge in [-0.2, -0.15) is 0 Å². The number of likely N-dealkylation sites (N-methyl/N-ethyl adjacent to an activating group) is 1. The first-order valence-corrected chi connectivity index (χ1v) is 23.1. The average molecular weight is 780 g/mol. The van der Waals surface area contributed by atoms with Crippen molar-refractivity contribution in [1.82, 2.24) is 5.32 Å². The maximum Gasteiger partial charge on any atom is 0.472 e. The predicted octanol–water partition coefficient (Wildman–Crippen LogP) is 11.9. The Morgan fingerprint density at radius 1 is 0.648 bits per heavy atom. The number of aliphatic hydroxyl groups excluding tert-OH is 1. The molecule has 314 valence electrons. The Morgan fingerprint density at radius 2 is 1.11 bits per heavy atom. The molecule has 0 aromatic carbocycles. The maximum atomic E-state index is 12.8. The highest BCUT2D eigenvalue weighted by molar-refractivity contribution is 7.47. The summed E-state index contributed by atoms with van der Waals surface area (Å²) in [5.41, 5.74) is 0. The Kier molecular flexibility index (Phi) is 35.6. The molecular weight excluding hydrogens is 695 g/mol. The first-order valence-electron chi connectivity index (χ1n) is 21.7. The van der Waals surface area contributed by atoms with Gasteiger partial charge >= 0.3 is 7.82 Å². The average Bonchev–Trinajstić information content (AvgIpc) is 3.12. The van der Waals surface area contributed by atoms with E-state index in [1.165, 1.54) is 57.8 Å².